The first-order valence-electron chi connectivity index (χ1n) is 11.3. The number of aliphatic hydroxyl groups is 1. The molecule has 182 valence electrons. The van der Waals surface area contributed by atoms with Crippen LogP contribution in [0.5, 0.6) is 0 Å². The van der Waals surface area contributed by atoms with Gasteiger partial charge in [0, 0.05) is 10.0 Å². The number of hydrogen-bond acceptors (Lipinski definition) is 9. The van der Waals surface area contributed by atoms with Gasteiger partial charge in [0.25, 0.3) is 0 Å². The van der Waals surface area contributed by atoms with Gasteiger partial charge in [-0.05, 0) is 41.9 Å². The number of thiazole rings is 1. The fourth-order valence-corrected chi connectivity index (χ4v) is 6.01. The van der Waals surface area contributed by atoms with Gasteiger partial charge in [0.2, 0.25) is 0 Å². The van der Waals surface area contributed by atoms with Gasteiger partial charge < -0.3 is 25.1 Å². The molecule has 9 nitrogen and oxygen atoms in total. The number of fused-ring (bicyclic) bond motifs is 2. The summed E-state index contributed by atoms with van der Waals surface area (Å²) >= 11 is 5.25. The summed E-state index contributed by atoms with van der Waals surface area (Å²) in [6.45, 7) is 4.06. The van der Waals surface area contributed by atoms with Gasteiger partial charge in [0.15, 0.2) is 12.1 Å². The average molecular weight is 558 g/mol. The van der Waals surface area contributed by atoms with E-state index in [1.54, 1.807) is 22.9 Å². The van der Waals surface area contributed by atoms with Crippen molar-refractivity contribution in [2.75, 3.05) is 6.61 Å². The molecule has 2 fully saturated rings. The lowest BCUT2D eigenvalue weighted by atomic mass is 9.92. The summed E-state index contributed by atoms with van der Waals surface area (Å²) in [5, 5.41) is 16.8. The largest absolute Gasteiger partial charge is 0.388 e. The SMILES string of the molecule is Cc1nc([C@@H]2OC3COC(c4ccccc4)O[C@@H]3C(N)C2O)n(-c2cc3sc(C)nc3cc2Br)n1. The topological polar surface area (TPSA) is 118 Å². The van der Waals surface area contributed by atoms with Gasteiger partial charge in [-0.3, -0.25) is 0 Å². The molecule has 4 unspecified atom stereocenters. The zero-order valence-corrected chi connectivity index (χ0v) is 21.4. The minimum Gasteiger partial charge on any atom is -0.388 e. The Hall–Kier alpha value is -2.25. The molecular weight excluding hydrogens is 534 g/mol. The molecule has 0 amide bonds. The molecule has 2 aromatic heterocycles. The van der Waals surface area contributed by atoms with E-state index in [9.17, 15) is 5.11 Å². The molecule has 6 rings (SSSR count). The molecule has 0 radical (unpaired) electrons. The molecule has 0 spiro atoms. The second-order valence-electron chi connectivity index (χ2n) is 8.77. The Kier molecular flexibility index (Phi) is 5.96. The van der Waals surface area contributed by atoms with Crippen molar-refractivity contribution in [3.05, 3.63) is 69.2 Å². The van der Waals surface area contributed by atoms with Gasteiger partial charge in [0.1, 0.15) is 30.2 Å². The first kappa shape index (κ1) is 23.2. The van der Waals surface area contributed by atoms with E-state index in [0.29, 0.717) is 11.6 Å². The van der Waals surface area contributed by atoms with Gasteiger partial charge in [-0.1, -0.05) is 30.3 Å². The highest BCUT2D eigenvalue weighted by Crippen LogP contribution is 2.39. The molecule has 2 aliphatic rings. The van der Waals surface area contributed by atoms with Crippen molar-refractivity contribution >= 4 is 37.5 Å². The van der Waals surface area contributed by atoms with Crippen molar-refractivity contribution < 1.29 is 19.3 Å². The molecule has 3 N–H and O–H groups in total. The standard InChI is InChI=1S/C24H24BrN5O4S/c1-11-27-23(30(29-11)16-9-18-15(8-14(16)25)28-12(2)35-18)22-20(31)19(26)21-17(33-22)10-32-24(34-21)13-6-4-3-5-7-13/h3-9,17,19-22,24,31H,10,26H2,1-2H3/t17?,19?,20?,21-,22+,24?/m0/s1. The first-order valence-corrected chi connectivity index (χ1v) is 12.9. The van der Waals surface area contributed by atoms with E-state index in [-0.39, 0.29) is 6.61 Å². The van der Waals surface area contributed by atoms with E-state index in [1.165, 1.54) is 0 Å². The molecule has 0 aliphatic carbocycles. The zero-order chi connectivity index (χ0) is 24.3. The van der Waals surface area contributed by atoms with Crippen LogP contribution in [0.3, 0.4) is 0 Å². The number of ether oxygens (including phenoxy) is 3. The van der Waals surface area contributed by atoms with E-state index < -0.39 is 36.7 Å². The maximum absolute atomic E-state index is 11.2. The normalized spacial score (nSPS) is 28.8. The summed E-state index contributed by atoms with van der Waals surface area (Å²) in [4.78, 5) is 9.17. The van der Waals surface area contributed by atoms with Crippen LogP contribution in [0.1, 0.15) is 34.6 Å². The van der Waals surface area contributed by atoms with Gasteiger partial charge in [-0.15, -0.1) is 11.3 Å². The summed E-state index contributed by atoms with van der Waals surface area (Å²) in [6, 6.07) is 12.9. The third kappa shape index (κ3) is 4.10. The molecule has 4 heterocycles. The Balaban J connectivity index is 1.32. The van der Waals surface area contributed by atoms with Gasteiger partial charge in [0.05, 0.1) is 33.6 Å². The van der Waals surface area contributed by atoms with E-state index in [0.717, 1.165) is 30.9 Å². The Morgan fingerprint density at radius 1 is 1.14 bits per heavy atom. The summed E-state index contributed by atoms with van der Waals surface area (Å²) in [6.07, 6.45) is -3.41. The monoisotopic (exact) mass is 557 g/mol. The summed E-state index contributed by atoms with van der Waals surface area (Å²) < 4.78 is 22.0. The molecule has 11 heteroatoms. The summed E-state index contributed by atoms with van der Waals surface area (Å²) in [5.74, 6) is 1.02. The highest BCUT2D eigenvalue weighted by molar-refractivity contribution is 9.10. The Morgan fingerprint density at radius 3 is 2.74 bits per heavy atom. The van der Waals surface area contributed by atoms with Gasteiger partial charge in [-0.25, -0.2) is 14.6 Å². The van der Waals surface area contributed by atoms with Crippen molar-refractivity contribution in [3.63, 3.8) is 0 Å². The second-order valence-corrected chi connectivity index (χ2v) is 10.9. The number of hydrogen-bond donors (Lipinski definition) is 2. The second kappa shape index (κ2) is 9.00. The van der Waals surface area contributed by atoms with Crippen LogP contribution >= 0.6 is 27.3 Å². The van der Waals surface area contributed by atoms with Crippen molar-refractivity contribution in [1.82, 2.24) is 19.7 Å². The highest BCUT2D eigenvalue weighted by atomic mass is 79.9. The minimum atomic E-state index is -1.05. The van der Waals surface area contributed by atoms with Crippen molar-refractivity contribution in [3.8, 4) is 5.69 Å². The molecule has 6 atom stereocenters. The van der Waals surface area contributed by atoms with Crippen molar-refractivity contribution in [1.29, 1.82) is 0 Å². The fraction of sp³-hybridized carbons (Fsp3) is 0.375. The smallest absolute Gasteiger partial charge is 0.184 e. The van der Waals surface area contributed by atoms with Crippen LogP contribution < -0.4 is 5.73 Å². The molecule has 4 aromatic rings. The predicted molar refractivity (Wildman–Crippen MR) is 133 cm³/mol. The maximum atomic E-state index is 11.2. The molecular formula is C24H24BrN5O4S. The lowest BCUT2D eigenvalue weighted by molar-refractivity contribution is -0.309. The van der Waals surface area contributed by atoms with Crippen LogP contribution in [0, 0.1) is 13.8 Å². The van der Waals surface area contributed by atoms with E-state index in [2.05, 4.69) is 31.0 Å². The van der Waals surface area contributed by atoms with Crippen LogP contribution in [0.4, 0.5) is 0 Å². The number of aliphatic hydroxyl groups excluding tert-OH is 1. The van der Waals surface area contributed by atoms with Crippen molar-refractivity contribution in [2.24, 2.45) is 5.73 Å². The quantitative estimate of drug-likeness (QED) is 0.393. The Labute approximate surface area is 214 Å². The number of aromatic nitrogens is 4. The highest BCUT2D eigenvalue weighted by Gasteiger charge is 2.49. The first-order chi connectivity index (χ1) is 16.9. The summed E-state index contributed by atoms with van der Waals surface area (Å²) in [5.41, 5.74) is 9.10. The summed E-state index contributed by atoms with van der Waals surface area (Å²) in [7, 11) is 0. The number of nitrogens with two attached hydrogens (primary N) is 1. The van der Waals surface area contributed by atoms with Gasteiger partial charge in [-0.2, -0.15) is 5.10 Å². The van der Waals surface area contributed by atoms with E-state index >= 15 is 0 Å². The van der Waals surface area contributed by atoms with Crippen LogP contribution in [-0.4, -0.2) is 55.8 Å². The fourth-order valence-electron chi connectivity index (χ4n) is 4.67. The molecule has 2 saturated heterocycles. The molecule has 35 heavy (non-hydrogen) atoms. The minimum absolute atomic E-state index is 0.282. The van der Waals surface area contributed by atoms with Crippen LogP contribution in [-0.2, 0) is 14.2 Å². The number of nitrogens with zero attached hydrogens (tertiary/aromatic N) is 4. The van der Waals surface area contributed by atoms with Crippen LogP contribution in [0.15, 0.2) is 46.9 Å². The van der Waals surface area contributed by atoms with E-state index in [1.807, 2.05) is 49.4 Å². The molecule has 0 bridgehead atoms. The molecule has 2 aliphatic heterocycles. The molecule has 0 saturated carbocycles. The molecule has 2 aromatic carbocycles. The zero-order valence-electron chi connectivity index (χ0n) is 19.0. The maximum Gasteiger partial charge on any atom is 0.184 e. The number of benzene rings is 2. The predicted octanol–water partition coefficient (Wildman–Crippen LogP) is 3.50. The van der Waals surface area contributed by atoms with Crippen molar-refractivity contribution in [2.45, 2.75) is 50.6 Å². The number of aryl methyl sites for hydroxylation is 2. The lowest BCUT2D eigenvalue weighted by Gasteiger charge is -2.46. The third-order valence-corrected chi connectivity index (χ3v) is 7.89. The van der Waals surface area contributed by atoms with Crippen LogP contribution in [0.2, 0.25) is 0 Å². The number of rotatable bonds is 3. The Morgan fingerprint density at radius 2 is 1.94 bits per heavy atom. The van der Waals surface area contributed by atoms with E-state index in [4.69, 9.17) is 19.9 Å². The number of halogens is 1. The van der Waals surface area contributed by atoms with Gasteiger partial charge >= 0.3 is 0 Å². The Bertz CT molecular complexity index is 1380. The lowest BCUT2D eigenvalue weighted by Crippen LogP contribution is -2.62. The van der Waals surface area contributed by atoms with Crippen LogP contribution in [0.25, 0.3) is 15.9 Å². The third-order valence-electron chi connectivity index (χ3n) is 6.32. The average Bonchev–Trinajstić information content (AvgIpc) is 3.41.